The van der Waals surface area contributed by atoms with Crippen molar-refractivity contribution in [2.45, 2.75) is 13.8 Å². The van der Waals surface area contributed by atoms with Crippen LogP contribution in [-0.2, 0) is 4.74 Å². The van der Waals surface area contributed by atoms with Crippen LogP contribution >= 0.6 is 11.6 Å². The second-order valence-electron chi connectivity index (χ2n) is 5.56. The van der Waals surface area contributed by atoms with Gasteiger partial charge in [-0.2, -0.15) is 0 Å². The van der Waals surface area contributed by atoms with Gasteiger partial charge in [0.25, 0.3) is 0 Å². The SMILES string of the molecule is CCOC(=O)c1oc2cccc(OCCOc3ccc(Cl)cc3)c2c1C. The first kappa shape index (κ1) is 18.1. The highest BCUT2D eigenvalue weighted by Gasteiger charge is 2.21. The number of fused-ring (bicyclic) bond motifs is 1. The number of halogens is 1. The second kappa shape index (κ2) is 8.15. The average Bonchev–Trinajstić information content (AvgIpc) is 2.98. The van der Waals surface area contributed by atoms with Crippen molar-refractivity contribution in [2.24, 2.45) is 0 Å². The summed E-state index contributed by atoms with van der Waals surface area (Å²) in [6.07, 6.45) is 0. The highest BCUT2D eigenvalue weighted by Crippen LogP contribution is 2.33. The van der Waals surface area contributed by atoms with E-state index < -0.39 is 5.97 Å². The van der Waals surface area contributed by atoms with E-state index in [2.05, 4.69) is 0 Å². The number of carbonyl (C=O) groups excluding carboxylic acids is 1. The van der Waals surface area contributed by atoms with Crippen molar-refractivity contribution in [3.05, 3.63) is 58.8 Å². The molecule has 136 valence electrons. The van der Waals surface area contributed by atoms with E-state index in [1.54, 1.807) is 37.3 Å². The number of aryl methyl sites for hydroxylation is 1. The Bertz CT molecular complexity index is 898. The van der Waals surface area contributed by atoms with Crippen molar-refractivity contribution in [3.8, 4) is 11.5 Å². The quantitative estimate of drug-likeness (QED) is 0.429. The van der Waals surface area contributed by atoms with Gasteiger partial charge in [0.2, 0.25) is 5.76 Å². The number of hydrogen-bond acceptors (Lipinski definition) is 5. The monoisotopic (exact) mass is 374 g/mol. The van der Waals surface area contributed by atoms with Crippen LogP contribution in [-0.4, -0.2) is 25.8 Å². The third kappa shape index (κ3) is 3.94. The lowest BCUT2D eigenvalue weighted by molar-refractivity contribution is 0.0491. The van der Waals surface area contributed by atoms with E-state index in [-0.39, 0.29) is 5.76 Å². The topological polar surface area (TPSA) is 57.9 Å². The second-order valence-corrected chi connectivity index (χ2v) is 5.99. The maximum absolute atomic E-state index is 12.0. The zero-order valence-corrected chi connectivity index (χ0v) is 15.3. The van der Waals surface area contributed by atoms with Gasteiger partial charge in [0.1, 0.15) is 30.3 Å². The molecular weight excluding hydrogens is 356 g/mol. The minimum absolute atomic E-state index is 0.204. The van der Waals surface area contributed by atoms with Crippen LogP contribution in [0.3, 0.4) is 0 Å². The molecule has 0 aliphatic heterocycles. The van der Waals surface area contributed by atoms with E-state index in [1.165, 1.54) is 0 Å². The van der Waals surface area contributed by atoms with Gasteiger partial charge in [-0.05, 0) is 50.2 Å². The van der Waals surface area contributed by atoms with Crippen molar-refractivity contribution in [3.63, 3.8) is 0 Å². The normalized spacial score (nSPS) is 10.7. The Hall–Kier alpha value is -2.66. The van der Waals surface area contributed by atoms with Crippen molar-refractivity contribution >= 4 is 28.5 Å². The number of ether oxygens (including phenoxy) is 3. The Labute approximate surface area is 156 Å². The molecule has 0 radical (unpaired) electrons. The zero-order valence-electron chi connectivity index (χ0n) is 14.6. The predicted molar refractivity (Wildman–Crippen MR) is 99.3 cm³/mol. The molecule has 6 heteroatoms. The van der Waals surface area contributed by atoms with E-state index in [0.717, 1.165) is 11.1 Å². The number of rotatable bonds is 7. The van der Waals surface area contributed by atoms with Gasteiger partial charge in [-0.25, -0.2) is 4.79 Å². The zero-order chi connectivity index (χ0) is 18.5. The summed E-state index contributed by atoms with van der Waals surface area (Å²) in [5.41, 5.74) is 1.29. The first-order valence-electron chi connectivity index (χ1n) is 8.30. The van der Waals surface area contributed by atoms with Gasteiger partial charge in [-0.15, -0.1) is 0 Å². The van der Waals surface area contributed by atoms with Crippen molar-refractivity contribution in [1.82, 2.24) is 0 Å². The van der Waals surface area contributed by atoms with Gasteiger partial charge in [-0.3, -0.25) is 0 Å². The van der Waals surface area contributed by atoms with Crippen LogP contribution < -0.4 is 9.47 Å². The largest absolute Gasteiger partial charge is 0.490 e. The summed E-state index contributed by atoms with van der Waals surface area (Å²) in [5.74, 6) is 1.09. The fourth-order valence-corrected chi connectivity index (χ4v) is 2.75. The molecule has 0 saturated carbocycles. The average molecular weight is 375 g/mol. The van der Waals surface area contributed by atoms with E-state index in [1.807, 2.05) is 19.1 Å². The van der Waals surface area contributed by atoms with Crippen LogP contribution in [0.5, 0.6) is 11.5 Å². The molecule has 0 aliphatic rings. The molecule has 2 aromatic carbocycles. The van der Waals surface area contributed by atoms with Gasteiger partial charge in [0.05, 0.1) is 12.0 Å². The summed E-state index contributed by atoms with van der Waals surface area (Å²) in [4.78, 5) is 12.0. The maximum atomic E-state index is 12.0. The van der Waals surface area contributed by atoms with Crippen LogP contribution in [0, 0.1) is 6.92 Å². The van der Waals surface area contributed by atoms with E-state index in [9.17, 15) is 4.79 Å². The number of carbonyl (C=O) groups is 1. The van der Waals surface area contributed by atoms with Gasteiger partial charge in [0.15, 0.2) is 0 Å². The molecule has 0 spiro atoms. The summed E-state index contributed by atoms with van der Waals surface area (Å²) in [7, 11) is 0. The predicted octanol–water partition coefficient (Wildman–Crippen LogP) is 5.03. The van der Waals surface area contributed by atoms with Gasteiger partial charge in [-0.1, -0.05) is 17.7 Å². The Morgan fingerprint density at radius 3 is 2.54 bits per heavy atom. The van der Waals surface area contributed by atoms with Crippen LogP contribution in [0.25, 0.3) is 11.0 Å². The molecule has 3 rings (SSSR count). The molecule has 0 bridgehead atoms. The van der Waals surface area contributed by atoms with Crippen LogP contribution in [0.4, 0.5) is 0 Å². The molecular formula is C20H19ClO5. The van der Waals surface area contributed by atoms with Crippen molar-refractivity contribution < 1.29 is 23.4 Å². The van der Waals surface area contributed by atoms with Crippen molar-refractivity contribution in [2.75, 3.05) is 19.8 Å². The summed E-state index contributed by atoms with van der Waals surface area (Å²) in [6, 6.07) is 12.6. The molecule has 1 heterocycles. The Morgan fingerprint density at radius 1 is 1.08 bits per heavy atom. The number of benzene rings is 2. The lowest BCUT2D eigenvalue weighted by Crippen LogP contribution is -2.09. The van der Waals surface area contributed by atoms with Gasteiger partial charge in [0, 0.05) is 10.6 Å². The smallest absolute Gasteiger partial charge is 0.374 e. The van der Waals surface area contributed by atoms with Crippen molar-refractivity contribution in [1.29, 1.82) is 0 Å². The molecule has 0 N–H and O–H groups in total. The first-order valence-corrected chi connectivity index (χ1v) is 8.68. The molecule has 26 heavy (non-hydrogen) atoms. The van der Waals surface area contributed by atoms with Crippen LogP contribution in [0.2, 0.25) is 5.02 Å². The van der Waals surface area contributed by atoms with E-state index in [0.29, 0.717) is 41.7 Å². The highest BCUT2D eigenvalue weighted by molar-refractivity contribution is 6.30. The van der Waals surface area contributed by atoms with Crippen LogP contribution in [0.1, 0.15) is 23.0 Å². The highest BCUT2D eigenvalue weighted by atomic mass is 35.5. The Balaban J connectivity index is 1.69. The first-order chi connectivity index (χ1) is 12.6. The number of furan rings is 1. The van der Waals surface area contributed by atoms with Gasteiger partial charge >= 0.3 is 5.97 Å². The Kier molecular flexibility index (Phi) is 5.68. The molecule has 0 fully saturated rings. The molecule has 0 saturated heterocycles. The Morgan fingerprint density at radius 2 is 1.81 bits per heavy atom. The summed E-state index contributed by atoms with van der Waals surface area (Å²) >= 11 is 5.85. The molecule has 0 aliphatic carbocycles. The number of hydrogen-bond donors (Lipinski definition) is 0. The maximum Gasteiger partial charge on any atom is 0.374 e. The fraction of sp³-hybridized carbons (Fsp3) is 0.250. The molecule has 0 atom stereocenters. The summed E-state index contributed by atoms with van der Waals surface area (Å²) in [6.45, 7) is 4.59. The third-order valence-electron chi connectivity index (χ3n) is 3.80. The van der Waals surface area contributed by atoms with E-state index >= 15 is 0 Å². The summed E-state index contributed by atoms with van der Waals surface area (Å²) < 4.78 is 22.1. The molecule has 0 amide bonds. The van der Waals surface area contributed by atoms with E-state index in [4.69, 9.17) is 30.2 Å². The number of esters is 1. The molecule has 5 nitrogen and oxygen atoms in total. The van der Waals surface area contributed by atoms with Crippen LogP contribution in [0.15, 0.2) is 46.9 Å². The summed E-state index contributed by atoms with van der Waals surface area (Å²) in [5, 5.41) is 1.43. The lowest BCUT2D eigenvalue weighted by atomic mass is 10.1. The minimum Gasteiger partial charge on any atom is -0.490 e. The fourth-order valence-electron chi connectivity index (χ4n) is 2.62. The molecule has 3 aromatic rings. The minimum atomic E-state index is -0.474. The van der Waals surface area contributed by atoms with Gasteiger partial charge < -0.3 is 18.6 Å². The molecule has 0 unspecified atom stereocenters. The molecule has 1 aromatic heterocycles. The lowest BCUT2D eigenvalue weighted by Gasteiger charge is -2.09. The third-order valence-corrected chi connectivity index (χ3v) is 4.05. The standard InChI is InChI=1S/C20H19ClO5/c1-3-23-20(22)19-13(2)18-16(5-4-6-17(18)26-19)25-12-11-24-15-9-7-14(21)8-10-15/h4-10H,3,11-12H2,1-2H3.